The van der Waals surface area contributed by atoms with E-state index in [9.17, 15) is 19.4 Å². The van der Waals surface area contributed by atoms with E-state index in [2.05, 4.69) is 26.8 Å². The highest BCUT2D eigenvalue weighted by Crippen LogP contribution is 2.34. The zero-order valence-corrected chi connectivity index (χ0v) is 14.6. The number of rotatable bonds is 3. The van der Waals surface area contributed by atoms with E-state index in [4.69, 9.17) is 0 Å². The lowest BCUT2D eigenvalue weighted by molar-refractivity contribution is 0.0687. The maximum Gasteiger partial charge on any atom is 0.358 e. The minimum absolute atomic E-state index is 0.144. The van der Waals surface area contributed by atoms with E-state index >= 15 is 0 Å². The zero-order chi connectivity index (χ0) is 19.1. The van der Waals surface area contributed by atoms with Gasteiger partial charge in [0.15, 0.2) is 22.9 Å². The second-order valence-electron chi connectivity index (χ2n) is 6.59. The largest absolute Gasteiger partial charge is 0.505 e. The van der Waals surface area contributed by atoms with Crippen LogP contribution in [0.1, 0.15) is 30.3 Å². The molecule has 0 aliphatic carbocycles. The Morgan fingerprint density at radius 2 is 1.96 bits per heavy atom. The van der Waals surface area contributed by atoms with Gasteiger partial charge in [0, 0.05) is 24.2 Å². The SMILES string of the molecule is CC1CCCN1c1nc2nc(C(=O)O)c(O)cc2nc1-c1ccc(F)cc1. The Labute approximate surface area is 154 Å². The normalized spacial score (nSPS) is 16.8. The van der Waals surface area contributed by atoms with Gasteiger partial charge in [-0.05, 0) is 44.0 Å². The molecule has 27 heavy (non-hydrogen) atoms. The Kier molecular flexibility index (Phi) is 4.10. The van der Waals surface area contributed by atoms with Gasteiger partial charge in [-0.25, -0.2) is 24.1 Å². The molecule has 1 atom stereocenters. The van der Waals surface area contributed by atoms with Crippen molar-refractivity contribution in [1.82, 2.24) is 15.0 Å². The molecule has 0 amide bonds. The number of anilines is 1. The fourth-order valence-corrected chi connectivity index (χ4v) is 3.38. The first-order chi connectivity index (χ1) is 12.9. The van der Waals surface area contributed by atoms with E-state index in [1.807, 2.05) is 0 Å². The van der Waals surface area contributed by atoms with E-state index in [1.165, 1.54) is 18.2 Å². The highest BCUT2D eigenvalue weighted by Gasteiger charge is 2.27. The van der Waals surface area contributed by atoms with E-state index < -0.39 is 17.4 Å². The standard InChI is InChI=1S/C19H17FN4O3/c1-10-3-2-8-24(10)18-15(11-4-6-12(20)7-5-11)21-13-9-14(25)16(19(26)27)22-17(13)23-18/h4-7,9-10,25H,2-3,8H2,1H3,(H,26,27). The minimum Gasteiger partial charge on any atom is -0.505 e. The summed E-state index contributed by atoms with van der Waals surface area (Å²) in [6, 6.07) is 7.42. The number of carboxylic acids is 1. The topological polar surface area (TPSA) is 99.4 Å². The van der Waals surface area contributed by atoms with Gasteiger partial charge in [0.1, 0.15) is 17.0 Å². The van der Waals surface area contributed by atoms with Crippen LogP contribution >= 0.6 is 0 Å². The van der Waals surface area contributed by atoms with Gasteiger partial charge in [0.25, 0.3) is 0 Å². The van der Waals surface area contributed by atoms with Crippen molar-refractivity contribution in [2.24, 2.45) is 0 Å². The molecule has 8 heteroatoms. The van der Waals surface area contributed by atoms with Crippen LogP contribution in [0, 0.1) is 5.82 Å². The molecule has 138 valence electrons. The Hall–Kier alpha value is -3.29. The second kappa shape index (κ2) is 6.46. The van der Waals surface area contributed by atoms with Gasteiger partial charge in [0.05, 0.1) is 0 Å². The van der Waals surface area contributed by atoms with E-state index in [0.717, 1.165) is 19.4 Å². The number of aromatic hydroxyl groups is 1. The number of hydrogen-bond donors (Lipinski definition) is 2. The van der Waals surface area contributed by atoms with Crippen molar-refractivity contribution in [3.05, 3.63) is 41.8 Å². The lowest BCUT2D eigenvalue weighted by Crippen LogP contribution is -2.28. The van der Waals surface area contributed by atoms with Crippen molar-refractivity contribution >= 4 is 23.0 Å². The molecule has 2 aromatic heterocycles. The Morgan fingerprint density at radius 3 is 2.59 bits per heavy atom. The van der Waals surface area contributed by atoms with Gasteiger partial charge in [-0.1, -0.05) is 0 Å². The molecular formula is C19H17FN4O3. The molecule has 0 radical (unpaired) electrons. The van der Waals surface area contributed by atoms with E-state index in [0.29, 0.717) is 17.1 Å². The first-order valence-electron chi connectivity index (χ1n) is 8.61. The highest BCUT2D eigenvalue weighted by atomic mass is 19.1. The summed E-state index contributed by atoms with van der Waals surface area (Å²) in [4.78, 5) is 26.5. The molecule has 0 saturated carbocycles. The molecule has 1 aliphatic rings. The molecule has 7 nitrogen and oxygen atoms in total. The van der Waals surface area contributed by atoms with Gasteiger partial charge in [0.2, 0.25) is 0 Å². The van der Waals surface area contributed by atoms with Crippen LogP contribution in [0.4, 0.5) is 10.2 Å². The summed E-state index contributed by atoms with van der Waals surface area (Å²) in [7, 11) is 0. The van der Waals surface area contributed by atoms with Gasteiger partial charge >= 0.3 is 5.97 Å². The molecule has 1 aliphatic heterocycles. The quantitative estimate of drug-likeness (QED) is 0.732. The van der Waals surface area contributed by atoms with E-state index in [-0.39, 0.29) is 23.0 Å². The summed E-state index contributed by atoms with van der Waals surface area (Å²) in [6.07, 6.45) is 2.01. The van der Waals surface area contributed by atoms with Gasteiger partial charge in [-0.15, -0.1) is 0 Å². The van der Waals surface area contributed by atoms with Gasteiger partial charge < -0.3 is 15.1 Å². The molecule has 4 rings (SSSR count). The maximum atomic E-state index is 13.3. The first kappa shape index (κ1) is 17.1. The lowest BCUT2D eigenvalue weighted by Gasteiger charge is -2.25. The molecule has 1 unspecified atom stereocenters. The smallest absolute Gasteiger partial charge is 0.358 e. The van der Waals surface area contributed by atoms with Crippen LogP contribution in [0.2, 0.25) is 0 Å². The molecule has 3 heterocycles. The molecule has 1 aromatic carbocycles. The number of aromatic nitrogens is 3. The third-order valence-electron chi connectivity index (χ3n) is 4.76. The number of halogens is 1. The Balaban J connectivity index is 1.97. The van der Waals surface area contributed by atoms with Crippen LogP contribution in [0.25, 0.3) is 22.4 Å². The summed E-state index contributed by atoms with van der Waals surface area (Å²) < 4.78 is 13.3. The van der Waals surface area contributed by atoms with Crippen molar-refractivity contribution in [1.29, 1.82) is 0 Å². The average Bonchev–Trinajstić information content (AvgIpc) is 3.06. The summed E-state index contributed by atoms with van der Waals surface area (Å²) >= 11 is 0. The van der Waals surface area contributed by atoms with Crippen molar-refractivity contribution in [2.45, 2.75) is 25.8 Å². The van der Waals surface area contributed by atoms with Crippen molar-refractivity contribution < 1.29 is 19.4 Å². The van der Waals surface area contributed by atoms with Gasteiger partial charge in [-0.3, -0.25) is 0 Å². The monoisotopic (exact) mass is 368 g/mol. The third-order valence-corrected chi connectivity index (χ3v) is 4.76. The molecule has 2 N–H and O–H groups in total. The van der Waals surface area contributed by atoms with Crippen LogP contribution < -0.4 is 4.90 Å². The van der Waals surface area contributed by atoms with Crippen LogP contribution in [0.5, 0.6) is 5.75 Å². The number of pyridine rings is 1. The maximum absolute atomic E-state index is 13.3. The van der Waals surface area contributed by atoms with E-state index in [1.54, 1.807) is 12.1 Å². The molecular weight excluding hydrogens is 351 g/mol. The number of hydrogen-bond acceptors (Lipinski definition) is 6. The lowest BCUT2D eigenvalue weighted by atomic mass is 10.1. The molecule has 1 fully saturated rings. The number of carboxylic acid groups (broad SMARTS) is 1. The average molecular weight is 368 g/mol. The highest BCUT2D eigenvalue weighted by molar-refractivity contribution is 5.92. The number of aromatic carboxylic acids is 1. The van der Waals surface area contributed by atoms with Crippen molar-refractivity contribution in [3.8, 4) is 17.0 Å². The Morgan fingerprint density at radius 1 is 1.22 bits per heavy atom. The first-order valence-corrected chi connectivity index (χ1v) is 8.61. The predicted octanol–water partition coefficient (Wildman–Crippen LogP) is 3.22. The van der Waals surface area contributed by atoms with Crippen LogP contribution in [-0.4, -0.2) is 43.7 Å². The van der Waals surface area contributed by atoms with Crippen molar-refractivity contribution in [2.75, 3.05) is 11.4 Å². The summed E-state index contributed by atoms with van der Waals surface area (Å²) in [6.45, 7) is 2.87. The second-order valence-corrected chi connectivity index (χ2v) is 6.59. The number of benzene rings is 1. The third kappa shape index (κ3) is 3.03. The number of carbonyl (C=O) groups is 1. The molecule has 0 spiro atoms. The molecule has 0 bridgehead atoms. The fourth-order valence-electron chi connectivity index (χ4n) is 3.38. The summed E-state index contributed by atoms with van der Waals surface area (Å²) in [5.74, 6) is -1.59. The zero-order valence-electron chi connectivity index (χ0n) is 14.6. The van der Waals surface area contributed by atoms with Crippen molar-refractivity contribution in [3.63, 3.8) is 0 Å². The van der Waals surface area contributed by atoms with Crippen LogP contribution in [0.3, 0.4) is 0 Å². The Bertz CT molecular complexity index is 1040. The van der Waals surface area contributed by atoms with Gasteiger partial charge in [-0.2, -0.15) is 0 Å². The summed E-state index contributed by atoms with van der Waals surface area (Å²) in [5.41, 5.74) is 1.17. The fraction of sp³-hybridized carbons (Fsp3) is 0.263. The minimum atomic E-state index is -1.34. The molecule has 3 aromatic rings. The summed E-state index contributed by atoms with van der Waals surface area (Å²) in [5, 5.41) is 19.1. The van der Waals surface area contributed by atoms with Crippen LogP contribution in [0.15, 0.2) is 30.3 Å². The predicted molar refractivity (Wildman–Crippen MR) is 97.4 cm³/mol. The van der Waals surface area contributed by atoms with Crippen LogP contribution in [-0.2, 0) is 0 Å². The molecule has 1 saturated heterocycles. The number of nitrogens with zero attached hydrogens (tertiary/aromatic N) is 4. The number of fused-ring (bicyclic) bond motifs is 1.